The number of hydrogen-bond donors (Lipinski definition) is 3. The zero-order valence-corrected chi connectivity index (χ0v) is 17.3. The van der Waals surface area contributed by atoms with E-state index in [1.54, 1.807) is 10.9 Å². The number of aromatic nitrogens is 4. The first-order valence-electron chi connectivity index (χ1n) is 10.4. The number of ether oxygens (including phenoxy) is 1. The second-order valence-corrected chi connectivity index (χ2v) is 10.2. The number of aliphatic hydroxyl groups is 2. The summed E-state index contributed by atoms with van der Waals surface area (Å²) in [6.45, 7) is 3.65. The SMILES string of the molecule is CC1(C)[C@]2(O)[C@H](n3cnc4c(N)nc(C5CC6CCC5C6)nc43)O[C@H](CCl)[C@]12O. The quantitative estimate of drug-likeness (QED) is 0.650. The van der Waals surface area contributed by atoms with Crippen LogP contribution in [0.4, 0.5) is 5.82 Å². The van der Waals surface area contributed by atoms with Gasteiger partial charge in [0.25, 0.3) is 0 Å². The van der Waals surface area contributed by atoms with Crippen molar-refractivity contribution in [3.05, 3.63) is 12.2 Å². The minimum atomic E-state index is -1.49. The fraction of sp³-hybridized carbons (Fsp3) is 0.750. The minimum Gasteiger partial charge on any atom is -0.383 e. The number of nitrogens with two attached hydrogens (primary N) is 1. The molecule has 7 atom stereocenters. The number of rotatable bonds is 3. The average molecular weight is 420 g/mol. The van der Waals surface area contributed by atoms with Gasteiger partial charge in [-0.1, -0.05) is 20.3 Å². The van der Waals surface area contributed by atoms with Crippen molar-refractivity contribution in [1.29, 1.82) is 0 Å². The summed E-state index contributed by atoms with van der Waals surface area (Å²) in [7, 11) is 0. The van der Waals surface area contributed by atoms with Gasteiger partial charge in [-0.15, -0.1) is 11.6 Å². The summed E-state index contributed by atoms with van der Waals surface area (Å²) in [5.41, 5.74) is 3.59. The maximum absolute atomic E-state index is 11.4. The topological polar surface area (TPSA) is 119 Å². The van der Waals surface area contributed by atoms with Crippen molar-refractivity contribution in [3.63, 3.8) is 0 Å². The number of nitrogen functional groups attached to an aromatic ring is 1. The lowest BCUT2D eigenvalue weighted by molar-refractivity contribution is -0.104. The predicted octanol–water partition coefficient (Wildman–Crippen LogP) is 1.95. The highest BCUT2D eigenvalue weighted by molar-refractivity contribution is 6.18. The van der Waals surface area contributed by atoms with E-state index in [2.05, 4.69) is 9.97 Å². The lowest BCUT2D eigenvalue weighted by atomic mass is 9.88. The molecule has 0 spiro atoms. The molecule has 2 aromatic heterocycles. The molecule has 6 rings (SSSR count). The molecule has 1 aliphatic heterocycles. The Morgan fingerprint density at radius 1 is 1.24 bits per heavy atom. The molecule has 0 radical (unpaired) electrons. The molecule has 8 nitrogen and oxygen atoms in total. The Bertz CT molecular complexity index is 1030. The Hall–Kier alpha value is -1.48. The van der Waals surface area contributed by atoms with Crippen LogP contribution in [0.3, 0.4) is 0 Å². The summed E-state index contributed by atoms with van der Waals surface area (Å²) >= 11 is 6.06. The predicted molar refractivity (Wildman–Crippen MR) is 106 cm³/mol. The molecule has 29 heavy (non-hydrogen) atoms. The summed E-state index contributed by atoms with van der Waals surface area (Å²) in [6.07, 6.45) is 4.90. The first-order chi connectivity index (χ1) is 13.7. The molecule has 0 amide bonds. The molecule has 156 valence electrons. The normalized spacial score (nSPS) is 44.5. The highest BCUT2D eigenvalue weighted by atomic mass is 35.5. The van der Waals surface area contributed by atoms with Crippen LogP contribution in [0, 0.1) is 17.3 Å². The number of nitrogens with zero attached hydrogens (tertiary/aromatic N) is 4. The molecular formula is C20H26ClN5O3. The van der Waals surface area contributed by atoms with Crippen LogP contribution in [0.2, 0.25) is 0 Å². The van der Waals surface area contributed by atoms with Gasteiger partial charge in [0.05, 0.1) is 12.2 Å². The fourth-order valence-electron chi connectivity index (χ4n) is 6.66. The molecule has 3 saturated carbocycles. The van der Waals surface area contributed by atoms with E-state index in [4.69, 9.17) is 27.1 Å². The van der Waals surface area contributed by atoms with E-state index in [0.29, 0.717) is 28.8 Å². The lowest BCUT2D eigenvalue weighted by Crippen LogP contribution is -2.34. The first-order valence-corrected chi connectivity index (χ1v) is 10.9. The van der Waals surface area contributed by atoms with Crippen LogP contribution in [-0.2, 0) is 4.74 Å². The van der Waals surface area contributed by atoms with Gasteiger partial charge in [0.1, 0.15) is 28.6 Å². The second-order valence-electron chi connectivity index (χ2n) is 9.86. The molecule has 4 aliphatic rings. The van der Waals surface area contributed by atoms with Crippen molar-refractivity contribution in [2.24, 2.45) is 17.3 Å². The number of fused-ring (bicyclic) bond motifs is 4. The van der Waals surface area contributed by atoms with Crippen LogP contribution in [0.1, 0.15) is 57.5 Å². The van der Waals surface area contributed by atoms with Gasteiger partial charge in [-0.05, 0) is 31.1 Å². The van der Waals surface area contributed by atoms with E-state index in [0.717, 1.165) is 18.2 Å². The van der Waals surface area contributed by atoms with Gasteiger partial charge >= 0.3 is 0 Å². The van der Waals surface area contributed by atoms with Gasteiger partial charge in [-0.2, -0.15) is 0 Å². The summed E-state index contributed by atoms with van der Waals surface area (Å²) in [6, 6.07) is 0. The number of alkyl halides is 1. The largest absolute Gasteiger partial charge is 0.383 e. The Labute approximate surface area is 173 Å². The van der Waals surface area contributed by atoms with Crippen LogP contribution in [0.15, 0.2) is 6.33 Å². The molecule has 4 N–H and O–H groups in total. The molecule has 3 unspecified atom stereocenters. The van der Waals surface area contributed by atoms with Gasteiger partial charge in [-0.3, -0.25) is 4.57 Å². The Kier molecular flexibility index (Phi) is 3.41. The monoisotopic (exact) mass is 419 g/mol. The van der Waals surface area contributed by atoms with Crippen LogP contribution >= 0.6 is 11.6 Å². The highest BCUT2D eigenvalue weighted by Crippen LogP contribution is 2.75. The van der Waals surface area contributed by atoms with Crippen molar-refractivity contribution in [1.82, 2.24) is 19.5 Å². The van der Waals surface area contributed by atoms with Crippen molar-refractivity contribution in [2.75, 3.05) is 11.6 Å². The van der Waals surface area contributed by atoms with Crippen LogP contribution < -0.4 is 5.73 Å². The Morgan fingerprint density at radius 3 is 2.66 bits per heavy atom. The Balaban J connectivity index is 1.46. The fourth-order valence-corrected chi connectivity index (χ4v) is 6.96. The average Bonchev–Trinajstić information content (AvgIpc) is 3.34. The molecule has 0 aromatic carbocycles. The molecule has 4 fully saturated rings. The molecule has 9 heteroatoms. The summed E-state index contributed by atoms with van der Waals surface area (Å²) in [5.74, 6) is 2.89. The minimum absolute atomic E-state index is 0.0822. The van der Waals surface area contributed by atoms with Crippen LogP contribution in [0.5, 0.6) is 0 Å². The molecule has 2 aromatic rings. The summed E-state index contributed by atoms with van der Waals surface area (Å²) in [4.78, 5) is 13.8. The van der Waals surface area contributed by atoms with Crippen LogP contribution in [-0.4, -0.2) is 52.9 Å². The van der Waals surface area contributed by atoms with Gasteiger partial charge in [0.2, 0.25) is 0 Å². The second kappa shape index (κ2) is 5.41. The maximum Gasteiger partial charge on any atom is 0.169 e. The van der Waals surface area contributed by atoms with Gasteiger partial charge in [0, 0.05) is 11.3 Å². The maximum atomic E-state index is 11.4. The Morgan fingerprint density at radius 2 is 2.03 bits per heavy atom. The van der Waals surface area contributed by atoms with Crippen molar-refractivity contribution in [3.8, 4) is 0 Å². The number of imidazole rings is 1. The van der Waals surface area contributed by atoms with Gasteiger partial charge < -0.3 is 20.7 Å². The van der Waals surface area contributed by atoms with E-state index >= 15 is 0 Å². The molecule has 1 saturated heterocycles. The van der Waals surface area contributed by atoms with E-state index in [1.165, 1.54) is 19.3 Å². The van der Waals surface area contributed by atoms with E-state index in [1.807, 2.05) is 13.8 Å². The first kappa shape index (κ1) is 18.3. The zero-order valence-electron chi connectivity index (χ0n) is 16.5. The molecule has 3 aliphatic carbocycles. The zero-order chi connectivity index (χ0) is 20.3. The molecule has 2 bridgehead atoms. The summed E-state index contributed by atoms with van der Waals surface area (Å²) < 4.78 is 7.70. The third kappa shape index (κ3) is 1.90. The van der Waals surface area contributed by atoms with Gasteiger partial charge in [0.15, 0.2) is 17.7 Å². The van der Waals surface area contributed by atoms with Crippen molar-refractivity contribution in [2.45, 2.75) is 69.0 Å². The third-order valence-corrected chi connectivity index (χ3v) is 8.75. The van der Waals surface area contributed by atoms with Crippen LogP contribution in [0.25, 0.3) is 11.2 Å². The third-order valence-electron chi connectivity index (χ3n) is 8.47. The van der Waals surface area contributed by atoms with Gasteiger partial charge in [-0.25, -0.2) is 15.0 Å². The van der Waals surface area contributed by atoms with Crippen molar-refractivity contribution >= 4 is 28.6 Å². The smallest absolute Gasteiger partial charge is 0.169 e. The van der Waals surface area contributed by atoms with E-state index in [-0.39, 0.29) is 5.88 Å². The number of halogens is 1. The molecular weight excluding hydrogens is 394 g/mol. The number of hydrogen-bond acceptors (Lipinski definition) is 7. The highest BCUT2D eigenvalue weighted by Gasteiger charge is 2.92. The lowest BCUT2D eigenvalue weighted by Gasteiger charge is -2.27. The van der Waals surface area contributed by atoms with E-state index < -0.39 is 28.9 Å². The standard InChI is InChI=1S/C20H26ClN5O3/c1-18(2)19(27)12(7-21)29-17(20(18,19)28)26-8-23-13-14(22)24-15(25-16(13)26)11-6-9-3-4-10(11)5-9/h8-12,17,27-28H,3-7H2,1-2H3,(H2,22,24,25)/t9?,10?,11?,12-,17-,19+,20-/m1/s1. The van der Waals surface area contributed by atoms with Crippen molar-refractivity contribution < 1.29 is 14.9 Å². The number of anilines is 1. The molecule has 3 heterocycles. The van der Waals surface area contributed by atoms with E-state index in [9.17, 15) is 10.2 Å². The summed E-state index contributed by atoms with van der Waals surface area (Å²) in [5, 5.41) is 22.6.